The topological polar surface area (TPSA) is 9.23 Å². The van der Waals surface area contributed by atoms with Crippen LogP contribution in [0.5, 0.6) is 5.75 Å². The van der Waals surface area contributed by atoms with Crippen LogP contribution in [0.25, 0.3) is 11.1 Å². The van der Waals surface area contributed by atoms with Crippen LogP contribution in [-0.2, 0) is 6.42 Å². The lowest BCUT2D eigenvalue weighted by Gasteiger charge is -2.28. The summed E-state index contributed by atoms with van der Waals surface area (Å²) in [5.41, 5.74) is -0.806. The van der Waals surface area contributed by atoms with Crippen LogP contribution in [-0.4, -0.2) is 6.36 Å². The summed E-state index contributed by atoms with van der Waals surface area (Å²) in [6, 6.07) is 3.08. The molecular weight excluding hydrogens is 437 g/mol. The fourth-order valence-corrected chi connectivity index (χ4v) is 4.49. The van der Waals surface area contributed by atoms with E-state index in [2.05, 4.69) is 11.7 Å². The van der Waals surface area contributed by atoms with E-state index in [0.717, 1.165) is 44.2 Å². The highest BCUT2D eigenvalue weighted by Gasteiger charge is 2.34. The predicted octanol–water partition coefficient (Wildman–Crippen LogP) is 8.35. The summed E-state index contributed by atoms with van der Waals surface area (Å²) < 4.78 is 97.5. The Kier molecular flexibility index (Phi) is 7.72. The van der Waals surface area contributed by atoms with Gasteiger partial charge in [-0.2, -0.15) is 0 Å². The molecule has 0 radical (unpaired) electrons. The molecule has 2 aromatic rings. The minimum atomic E-state index is -5.31. The van der Waals surface area contributed by atoms with E-state index in [0.29, 0.717) is 36.0 Å². The van der Waals surface area contributed by atoms with Crippen LogP contribution in [0, 0.1) is 35.1 Å². The van der Waals surface area contributed by atoms with Crippen LogP contribution >= 0.6 is 0 Å². The Morgan fingerprint density at radius 3 is 1.84 bits per heavy atom. The van der Waals surface area contributed by atoms with Crippen LogP contribution in [0.15, 0.2) is 24.3 Å². The van der Waals surface area contributed by atoms with Crippen LogP contribution in [0.1, 0.15) is 57.4 Å². The van der Waals surface area contributed by atoms with Gasteiger partial charge in [0.05, 0.1) is 5.56 Å². The molecule has 0 unspecified atom stereocenters. The molecular formula is C24H25F7O. The predicted molar refractivity (Wildman–Crippen MR) is 107 cm³/mol. The molecule has 8 heteroatoms. The van der Waals surface area contributed by atoms with Crippen molar-refractivity contribution in [2.24, 2.45) is 11.8 Å². The summed E-state index contributed by atoms with van der Waals surface area (Å²) in [7, 11) is 0. The Bertz CT molecular complexity index is 884. The van der Waals surface area contributed by atoms with Gasteiger partial charge in [-0.1, -0.05) is 39.0 Å². The van der Waals surface area contributed by atoms with Crippen molar-refractivity contribution >= 4 is 0 Å². The van der Waals surface area contributed by atoms with E-state index in [1.807, 2.05) is 0 Å². The molecule has 0 spiro atoms. The lowest BCUT2D eigenvalue weighted by Crippen LogP contribution is -2.19. The largest absolute Gasteiger partial charge is 0.573 e. The van der Waals surface area contributed by atoms with Gasteiger partial charge in [0.2, 0.25) is 5.75 Å². The van der Waals surface area contributed by atoms with Crippen molar-refractivity contribution in [1.29, 1.82) is 0 Å². The number of unbranched alkanes of at least 4 members (excludes halogenated alkanes) is 1. The quantitative estimate of drug-likeness (QED) is 0.376. The zero-order valence-corrected chi connectivity index (χ0v) is 17.7. The first-order chi connectivity index (χ1) is 15.1. The van der Waals surface area contributed by atoms with Crippen molar-refractivity contribution in [1.82, 2.24) is 0 Å². The first-order valence-corrected chi connectivity index (χ1v) is 10.8. The van der Waals surface area contributed by atoms with Gasteiger partial charge in [-0.3, -0.25) is 0 Å². The van der Waals surface area contributed by atoms with Gasteiger partial charge < -0.3 is 4.74 Å². The number of hydrogen-bond donors (Lipinski definition) is 0. The molecule has 0 amide bonds. The molecule has 176 valence electrons. The van der Waals surface area contributed by atoms with Crippen molar-refractivity contribution in [3.63, 3.8) is 0 Å². The molecule has 1 nitrogen and oxygen atoms in total. The maximum absolute atomic E-state index is 14.7. The second-order valence-electron chi connectivity index (χ2n) is 8.48. The van der Waals surface area contributed by atoms with E-state index in [1.54, 1.807) is 0 Å². The molecule has 1 saturated carbocycles. The normalized spacial score (nSPS) is 19.2. The smallest absolute Gasteiger partial charge is 0.399 e. The molecule has 1 aliphatic carbocycles. The number of hydrogen-bond acceptors (Lipinski definition) is 1. The summed E-state index contributed by atoms with van der Waals surface area (Å²) in [4.78, 5) is 0. The molecule has 2 aromatic carbocycles. The number of rotatable bonds is 7. The second-order valence-corrected chi connectivity index (χ2v) is 8.48. The zero-order valence-electron chi connectivity index (χ0n) is 17.7. The van der Waals surface area contributed by atoms with Crippen LogP contribution in [0.3, 0.4) is 0 Å². The summed E-state index contributed by atoms with van der Waals surface area (Å²) in [5, 5.41) is 0. The van der Waals surface area contributed by atoms with E-state index in [-0.39, 0.29) is 0 Å². The minimum absolute atomic E-state index is 0.311. The highest BCUT2D eigenvalue weighted by atomic mass is 19.4. The fraction of sp³-hybridized carbons (Fsp3) is 0.500. The van der Waals surface area contributed by atoms with Gasteiger partial charge in [-0.25, -0.2) is 17.6 Å². The molecule has 32 heavy (non-hydrogen) atoms. The summed E-state index contributed by atoms with van der Waals surface area (Å²) in [6.07, 6.45) is 2.92. The molecule has 0 saturated heterocycles. The monoisotopic (exact) mass is 462 g/mol. The van der Waals surface area contributed by atoms with E-state index in [1.165, 1.54) is 12.8 Å². The first-order valence-electron chi connectivity index (χ1n) is 10.8. The van der Waals surface area contributed by atoms with Gasteiger partial charge in [0.1, 0.15) is 11.6 Å². The lowest BCUT2D eigenvalue weighted by atomic mass is 9.77. The molecule has 0 bridgehead atoms. The standard InChI is InChI=1S/C24H25F7O/c1-2-3-4-14-5-7-15(8-6-14)9-16-10-18(25)22(19(26)11-16)17-12-20(27)23(21(28)13-17)32-24(29,30)31/h10-15H,2-9H2,1H3. The van der Waals surface area contributed by atoms with Crippen molar-refractivity contribution in [3.8, 4) is 16.9 Å². The third-order valence-electron chi connectivity index (χ3n) is 6.06. The van der Waals surface area contributed by atoms with E-state index >= 15 is 0 Å². The third kappa shape index (κ3) is 6.17. The van der Waals surface area contributed by atoms with E-state index < -0.39 is 46.5 Å². The van der Waals surface area contributed by atoms with Crippen LogP contribution < -0.4 is 4.74 Å². The SMILES string of the molecule is CCCCC1CCC(Cc2cc(F)c(-c3cc(F)c(OC(F)(F)F)c(F)c3)c(F)c2)CC1. The minimum Gasteiger partial charge on any atom is -0.399 e. The molecule has 1 aliphatic rings. The number of benzene rings is 2. The summed E-state index contributed by atoms with van der Waals surface area (Å²) >= 11 is 0. The summed E-state index contributed by atoms with van der Waals surface area (Å²) in [6.45, 7) is 2.16. The van der Waals surface area contributed by atoms with Crippen molar-refractivity contribution < 1.29 is 35.5 Å². The molecule has 0 atom stereocenters. The van der Waals surface area contributed by atoms with Gasteiger partial charge in [-0.15, -0.1) is 13.2 Å². The maximum atomic E-state index is 14.7. The average molecular weight is 462 g/mol. The lowest BCUT2D eigenvalue weighted by molar-refractivity contribution is -0.276. The number of ether oxygens (including phenoxy) is 1. The Morgan fingerprint density at radius 2 is 1.34 bits per heavy atom. The Labute approximate surface area is 182 Å². The molecule has 0 heterocycles. The molecule has 1 fully saturated rings. The zero-order chi connectivity index (χ0) is 23.5. The van der Waals surface area contributed by atoms with Gasteiger partial charge in [0, 0.05) is 0 Å². The number of halogens is 7. The maximum Gasteiger partial charge on any atom is 0.573 e. The highest BCUT2D eigenvalue weighted by Crippen LogP contribution is 2.37. The number of alkyl halides is 3. The third-order valence-corrected chi connectivity index (χ3v) is 6.06. The van der Waals surface area contributed by atoms with Gasteiger partial charge in [0.25, 0.3) is 0 Å². The second kappa shape index (κ2) is 10.1. The van der Waals surface area contributed by atoms with Gasteiger partial charge in [0.15, 0.2) is 11.6 Å². The summed E-state index contributed by atoms with van der Waals surface area (Å²) in [5.74, 6) is -6.13. The highest BCUT2D eigenvalue weighted by molar-refractivity contribution is 5.66. The Hall–Kier alpha value is -2.25. The Balaban J connectivity index is 1.75. The van der Waals surface area contributed by atoms with Crippen molar-refractivity contribution in [2.75, 3.05) is 0 Å². The van der Waals surface area contributed by atoms with Gasteiger partial charge >= 0.3 is 6.36 Å². The van der Waals surface area contributed by atoms with Gasteiger partial charge in [-0.05, 0) is 66.5 Å². The van der Waals surface area contributed by atoms with Crippen LogP contribution in [0.2, 0.25) is 0 Å². The van der Waals surface area contributed by atoms with E-state index in [4.69, 9.17) is 0 Å². The van der Waals surface area contributed by atoms with Crippen LogP contribution in [0.4, 0.5) is 30.7 Å². The molecule has 0 aliphatic heterocycles. The Morgan fingerprint density at radius 1 is 0.812 bits per heavy atom. The first kappa shape index (κ1) is 24.4. The average Bonchev–Trinajstić information content (AvgIpc) is 2.69. The van der Waals surface area contributed by atoms with Crippen molar-refractivity contribution in [3.05, 3.63) is 53.1 Å². The molecule has 0 aromatic heterocycles. The van der Waals surface area contributed by atoms with E-state index in [9.17, 15) is 30.7 Å². The van der Waals surface area contributed by atoms with Crippen molar-refractivity contribution in [2.45, 2.75) is 64.7 Å². The molecule has 0 N–H and O–H groups in total. The molecule has 3 rings (SSSR count). The fourth-order valence-electron chi connectivity index (χ4n) is 4.49.